The number of hydrogen-bond acceptors (Lipinski definition) is 4. The van der Waals surface area contributed by atoms with Crippen molar-refractivity contribution < 1.29 is 13.9 Å². The van der Waals surface area contributed by atoms with Crippen molar-refractivity contribution in [3.8, 4) is 17.2 Å². The molecule has 0 fully saturated rings. The van der Waals surface area contributed by atoms with Gasteiger partial charge in [-0.1, -0.05) is 29.3 Å². The molecule has 5 nitrogen and oxygen atoms in total. The van der Waals surface area contributed by atoms with Crippen molar-refractivity contribution in [2.45, 2.75) is 13.8 Å². The van der Waals surface area contributed by atoms with Gasteiger partial charge in [0.25, 0.3) is 5.91 Å². The quantitative estimate of drug-likeness (QED) is 0.387. The third-order valence-electron chi connectivity index (χ3n) is 4.52. The lowest BCUT2D eigenvalue weighted by Crippen LogP contribution is -2.20. The summed E-state index contributed by atoms with van der Waals surface area (Å²) >= 11 is 12.4. The zero-order chi connectivity index (χ0) is 21.3. The number of benzene rings is 3. The average molecular weight is 441 g/mol. The summed E-state index contributed by atoms with van der Waals surface area (Å²) in [6.07, 6.45) is 0. The molecule has 0 atom stereocenters. The van der Waals surface area contributed by atoms with Gasteiger partial charge < -0.3 is 14.5 Å². The van der Waals surface area contributed by atoms with Crippen LogP contribution in [0.15, 0.2) is 59.0 Å². The molecule has 1 heterocycles. The second-order valence-corrected chi connectivity index (χ2v) is 7.75. The van der Waals surface area contributed by atoms with Crippen molar-refractivity contribution in [2.24, 2.45) is 0 Å². The summed E-state index contributed by atoms with van der Waals surface area (Å²) in [5.41, 5.74) is 4.55. The van der Waals surface area contributed by atoms with Gasteiger partial charge in [0.15, 0.2) is 12.2 Å². The van der Waals surface area contributed by atoms with Gasteiger partial charge in [0, 0.05) is 10.7 Å². The van der Waals surface area contributed by atoms with Crippen LogP contribution in [0.1, 0.15) is 11.1 Å². The molecule has 0 bridgehead atoms. The number of carbonyl (C=O) groups excluding carboxylic acids is 1. The number of aromatic nitrogens is 1. The first-order valence-corrected chi connectivity index (χ1v) is 10.0. The third kappa shape index (κ3) is 4.42. The van der Waals surface area contributed by atoms with E-state index in [1.54, 1.807) is 36.4 Å². The lowest BCUT2D eigenvalue weighted by Gasteiger charge is -2.10. The van der Waals surface area contributed by atoms with Crippen molar-refractivity contribution in [3.63, 3.8) is 0 Å². The molecule has 1 amide bonds. The summed E-state index contributed by atoms with van der Waals surface area (Å²) < 4.78 is 11.4. The van der Waals surface area contributed by atoms with Crippen molar-refractivity contribution in [1.82, 2.24) is 4.98 Å². The number of rotatable bonds is 5. The minimum atomic E-state index is -0.302. The molecule has 0 aliphatic heterocycles. The highest BCUT2D eigenvalue weighted by molar-refractivity contribution is 6.33. The minimum Gasteiger partial charge on any atom is -0.484 e. The van der Waals surface area contributed by atoms with Gasteiger partial charge in [-0.25, -0.2) is 4.98 Å². The zero-order valence-corrected chi connectivity index (χ0v) is 17.8. The molecule has 0 saturated heterocycles. The normalized spacial score (nSPS) is 10.9. The summed E-state index contributed by atoms with van der Waals surface area (Å²) in [6, 6.07) is 16.1. The standard InChI is InChI=1S/C23H18Cl2N2O3/c1-13-3-8-21-20(9-13)27-23(30-21)17-11-15(4-6-19(17)25)26-22(28)12-29-16-5-7-18(24)14(2)10-16/h3-11H,12H2,1-2H3,(H,26,28). The van der Waals surface area contributed by atoms with Gasteiger partial charge in [0.1, 0.15) is 11.3 Å². The van der Waals surface area contributed by atoms with E-state index in [1.165, 1.54) is 0 Å². The van der Waals surface area contributed by atoms with E-state index >= 15 is 0 Å². The van der Waals surface area contributed by atoms with Crippen LogP contribution in [-0.4, -0.2) is 17.5 Å². The average Bonchev–Trinajstić information content (AvgIpc) is 3.13. The fourth-order valence-electron chi connectivity index (χ4n) is 2.97. The number of oxazole rings is 1. The molecule has 0 unspecified atom stereocenters. The summed E-state index contributed by atoms with van der Waals surface area (Å²) in [6.45, 7) is 3.73. The van der Waals surface area contributed by atoms with Crippen LogP contribution in [0.3, 0.4) is 0 Å². The number of nitrogens with zero attached hydrogens (tertiary/aromatic N) is 1. The number of nitrogens with one attached hydrogen (secondary N) is 1. The van der Waals surface area contributed by atoms with Crippen LogP contribution in [0.2, 0.25) is 10.0 Å². The monoisotopic (exact) mass is 440 g/mol. The molecule has 0 spiro atoms. The first kappa shape index (κ1) is 20.3. The lowest BCUT2D eigenvalue weighted by molar-refractivity contribution is -0.118. The Morgan fingerprint density at radius 2 is 1.83 bits per heavy atom. The van der Waals surface area contributed by atoms with E-state index in [-0.39, 0.29) is 12.5 Å². The number of aryl methyl sites for hydroxylation is 2. The Morgan fingerprint density at radius 3 is 2.63 bits per heavy atom. The van der Waals surface area contributed by atoms with E-state index in [0.29, 0.717) is 38.5 Å². The molecule has 0 aliphatic rings. The number of fused-ring (bicyclic) bond motifs is 1. The van der Waals surface area contributed by atoms with Gasteiger partial charge in [-0.05, 0) is 73.5 Å². The van der Waals surface area contributed by atoms with Gasteiger partial charge in [0.2, 0.25) is 5.89 Å². The highest BCUT2D eigenvalue weighted by Gasteiger charge is 2.14. The van der Waals surface area contributed by atoms with Crippen LogP contribution in [0.5, 0.6) is 5.75 Å². The van der Waals surface area contributed by atoms with E-state index in [9.17, 15) is 4.79 Å². The van der Waals surface area contributed by atoms with Crippen LogP contribution < -0.4 is 10.1 Å². The highest BCUT2D eigenvalue weighted by atomic mass is 35.5. The number of halogens is 2. The topological polar surface area (TPSA) is 64.4 Å². The second kappa shape index (κ2) is 8.38. The lowest BCUT2D eigenvalue weighted by atomic mass is 10.2. The van der Waals surface area contributed by atoms with Crippen molar-refractivity contribution in [1.29, 1.82) is 0 Å². The number of carbonyl (C=O) groups is 1. The molecule has 1 N–H and O–H groups in total. The first-order chi connectivity index (χ1) is 14.4. The third-order valence-corrected chi connectivity index (χ3v) is 5.28. The molecular formula is C23H18Cl2N2O3. The first-order valence-electron chi connectivity index (χ1n) is 9.25. The summed E-state index contributed by atoms with van der Waals surface area (Å²) in [4.78, 5) is 16.8. The van der Waals surface area contributed by atoms with Gasteiger partial charge in [0.05, 0.1) is 10.6 Å². The Kier molecular flexibility index (Phi) is 5.66. The fraction of sp³-hybridized carbons (Fsp3) is 0.130. The summed E-state index contributed by atoms with van der Waals surface area (Å²) in [5.74, 6) is 0.666. The molecule has 1 aromatic heterocycles. The molecule has 4 rings (SSSR count). The number of hydrogen-bond donors (Lipinski definition) is 1. The maximum Gasteiger partial charge on any atom is 0.262 e. The molecule has 30 heavy (non-hydrogen) atoms. The highest BCUT2D eigenvalue weighted by Crippen LogP contribution is 2.32. The predicted octanol–water partition coefficient (Wildman–Crippen LogP) is 6.44. The van der Waals surface area contributed by atoms with Crippen LogP contribution in [0, 0.1) is 13.8 Å². The second-order valence-electron chi connectivity index (χ2n) is 6.93. The van der Waals surface area contributed by atoms with E-state index in [1.807, 2.05) is 32.0 Å². The number of amides is 1. The molecular weight excluding hydrogens is 423 g/mol. The minimum absolute atomic E-state index is 0.138. The Morgan fingerprint density at radius 1 is 1.03 bits per heavy atom. The SMILES string of the molecule is Cc1ccc2oc(-c3cc(NC(=O)COc4ccc(Cl)c(C)c4)ccc3Cl)nc2c1. The maximum atomic E-state index is 12.3. The Hall–Kier alpha value is -3.02. The van der Waals surface area contributed by atoms with Crippen LogP contribution in [0.4, 0.5) is 5.69 Å². The predicted molar refractivity (Wildman–Crippen MR) is 120 cm³/mol. The molecule has 0 saturated carbocycles. The van der Waals surface area contributed by atoms with E-state index in [4.69, 9.17) is 32.4 Å². The smallest absolute Gasteiger partial charge is 0.262 e. The zero-order valence-electron chi connectivity index (χ0n) is 16.3. The maximum absolute atomic E-state index is 12.3. The molecule has 7 heteroatoms. The summed E-state index contributed by atoms with van der Waals surface area (Å²) in [7, 11) is 0. The van der Waals surface area contributed by atoms with Crippen molar-refractivity contribution >= 4 is 45.9 Å². The molecule has 4 aromatic rings. The van der Waals surface area contributed by atoms with E-state index < -0.39 is 0 Å². The molecule has 3 aromatic carbocycles. The van der Waals surface area contributed by atoms with Crippen molar-refractivity contribution in [2.75, 3.05) is 11.9 Å². The molecule has 0 radical (unpaired) electrons. The van der Waals surface area contributed by atoms with Crippen LogP contribution >= 0.6 is 23.2 Å². The largest absolute Gasteiger partial charge is 0.484 e. The molecule has 152 valence electrons. The summed E-state index contributed by atoms with van der Waals surface area (Å²) in [5, 5.41) is 3.92. The Bertz CT molecular complexity index is 1250. The van der Waals surface area contributed by atoms with Gasteiger partial charge in [-0.3, -0.25) is 4.79 Å². The fourth-order valence-corrected chi connectivity index (χ4v) is 3.29. The van der Waals surface area contributed by atoms with Crippen LogP contribution in [-0.2, 0) is 4.79 Å². The van der Waals surface area contributed by atoms with Gasteiger partial charge in [-0.15, -0.1) is 0 Å². The van der Waals surface area contributed by atoms with E-state index in [0.717, 1.165) is 16.6 Å². The van der Waals surface area contributed by atoms with Gasteiger partial charge in [-0.2, -0.15) is 0 Å². The van der Waals surface area contributed by atoms with E-state index in [2.05, 4.69) is 10.3 Å². The number of ether oxygens (including phenoxy) is 1. The van der Waals surface area contributed by atoms with Crippen molar-refractivity contribution in [3.05, 3.63) is 75.8 Å². The number of anilines is 1. The Balaban J connectivity index is 1.49. The molecule has 0 aliphatic carbocycles. The Labute approximate surface area is 183 Å². The van der Waals surface area contributed by atoms with Gasteiger partial charge >= 0.3 is 0 Å². The van der Waals surface area contributed by atoms with Crippen LogP contribution in [0.25, 0.3) is 22.6 Å².